The first-order valence-electron chi connectivity index (χ1n) is 20.3. The average Bonchev–Trinajstić information content (AvgIpc) is 3.96. The van der Waals surface area contributed by atoms with Gasteiger partial charge in [-0.15, -0.1) is 0 Å². The van der Waals surface area contributed by atoms with Crippen LogP contribution in [-0.2, 0) is 14.1 Å². The van der Waals surface area contributed by atoms with Gasteiger partial charge in [0.25, 0.3) is 0 Å². The zero-order chi connectivity index (χ0) is 41.3. The third-order valence-corrected chi connectivity index (χ3v) is 11.4. The van der Waals surface area contributed by atoms with Gasteiger partial charge in [0.1, 0.15) is 17.4 Å². The van der Waals surface area contributed by atoms with Gasteiger partial charge in [-0.05, 0) is 104 Å². The highest BCUT2D eigenvalue weighted by Crippen LogP contribution is 2.44. The Morgan fingerprint density at radius 2 is 0.721 bits per heavy atom. The van der Waals surface area contributed by atoms with Crippen LogP contribution in [-0.4, -0.2) is 29.2 Å². The summed E-state index contributed by atoms with van der Waals surface area (Å²) in [5.41, 5.74) is 16.4. The molecule has 3 heterocycles. The number of rotatable bonds is 9. The van der Waals surface area contributed by atoms with E-state index in [1.807, 2.05) is 84.4 Å². The molecule has 0 aliphatic rings. The van der Waals surface area contributed by atoms with E-state index in [1.54, 1.807) is 12.3 Å². The summed E-state index contributed by atoms with van der Waals surface area (Å²) in [4.78, 5) is 13.7. The standard InChI is InChI=1S/C55H41N5O/c1-59-31-29-57-54(59)39-22-18-37(19-23-39)45-11-3-5-13-47(45)42-33-43(48-14-6-4-12-46(48)38-20-24-40(25-21-38)55-58-30-32-60(55)2)35-44(34-42)49-15-7-8-16-50(49)51-27-26-41(36-53(51)61)52-17-9-10-28-56-52/h3-36,61H,1-2H3. The molecule has 61 heavy (non-hydrogen) atoms. The van der Waals surface area contributed by atoms with Crippen LogP contribution in [0.1, 0.15) is 0 Å². The van der Waals surface area contributed by atoms with Crippen LogP contribution in [0.4, 0.5) is 0 Å². The molecule has 1 N–H and O–H groups in total. The predicted octanol–water partition coefficient (Wildman–Crippen LogP) is 13.3. The van der Waals surface area contributed by atoms with Crippen LogP contribution in [0.3, 0.4) is 0 Å². The topological polar surface area (TPSA) is 68.8 Å². The van der Waals surface area contributed by atoms with E-state index < -0.39 is 0 Å². The number of imidazole rings is 2. The lowest BCUT2D eigenvalue weighted by Crippen LogP contribution is -1.93. The van der Waals surface area contributed by atoms with E-state index in [0.29, 0.717) is 0 Å². The molecule has 7 aromatic carbocycles. The highest BCUT2D eigenvalue weighted by Gasteiger charge is 2.18. The SMILES string of the molecule is Cn1ccnc1-c1ccc(-c2ccccc2-c2cc(-c3ccccc3-c3ccc(-c4nccn4C)cc3)cc(-c3ccccc3-c3ccc(-c4ccccn4)cc3O)c2)cc1. The zero-order valence-corrected chi connectivity index (χ0v) is 33.8. The number of phenolic OH excluding ortho intramolecular Hbond substituents is 1. The second-order valence-corrected chi connectivity index (χ2v) is 15.3. The van der Waals surface area contributed by atoms with Gasteiger partial charge < -0.3 is 14.2 Å². The van der Waals surface area contributed by atoms with Crippen molar-refractivity contribution in [3.05, 3.63) is 207 Å². The molecule has 0 spiro atoms. The minimum absolute atomic E-state index is 0.200. The van der Waals surface area contributed by atoms with Crippen molar-refractivity contribution in [1.82, 2.24) is 24.1 Å². The molecule has 10 aromatic rings. The maximum Gasteiger partial charge on any atom is 0.139 e. The van der Waals surface area contributed by atoms with Gasteiger partial charge >= 0.3 is 0 Å². The van der Waals surface area contributed by atoms with Crippen LogP contribution in [0.2, 0.25) is 0 Å². The Bertz CT molecular complexity index is 3020. The molecule has 0 aliphatic heterocycles. The Morgan fingerprint density at radius 3 is 1.13 bits per heavy atom. The van der Waals surface area contributed by atoms with Crippen molar-refractivity contribution in [2.24, 2.45) is 14.1 Å². The molecule has 0 aliphatic carbocycles. The van der Waals surface area contributed by atoms with Gasteiger partial charge in [0.2, 0.25) is 0 Å². The minimum atomic E-state index is 0.200. The molecule has 0 saturated carbocycles. The van der Waals surface area contributed by atoms with Crippen molar-refractivity contribution in [3.63, 3.8) is 0 Å². The monoisotopic (exact) mass is 787 g/mol. The number of aromatic hydroxyl groups is 1. The first-order chi connectivity index (χ1) is 30.0. The number of nitrogens with zero attached hydrogens (tertiary/aromatic N) is 5. The largest absolute Gasteiger partial charge is 0.507 e. The minimum Gasteiger partial charge on any atom is -0.507 e. The highest BCUT2D eigenvalue weighted by molar-refractivity contribution is 5.95. The molecule has 0 bridgehead atoms. The zero-order valence-electron chi connectivity index (χ0n) is 33.8. The molecule has 0 saturated heterocycles. The molecule has 3 aromatic heterocycles. The van der Waals surface area contributed by atoms with Crippen LogP contribution in [0.5, 0.6) is 5.75 Å². The third-order valence-electron chi connectivity index (χ3n) is 11.4. The van der Waals surface area contributed by atoms with Gasteiger partial charge in [-0.1, -0.05) is 133 Å². The van der Waals surface area contributed by atoms with Crippen LogP contribution in [0.25, 0.3) is 101 Å². The van der Waals surface area contributed by atoms with Gasteiger partial charge in [0.05, 0.1) is 5.69 Å². The third kappa shape index (κ3) is 7.21. The smallest absolute Gasteiger partial charge is 0.139 e. The van der Waals surface area contributed by atoms with Crippen molar-refractivity contribution >= 4 is 0 Å². The summed E-state index contributed by atoms with van der Waals surface area (Å²) < 4.78 is 4.07. The molecule has 0 amide bonds. The van der Waals surface area contributed by atoms with Crippen LogP contribution >= 0.6 is 0 Å². The summed E-state index contributed by atoms with van der Waals surface area (Å²) in [6.07, 6.45) is 9.36. The fourth-order valence-electron chi connectivity index (χ4n) is 8.37. The Morgan fingerprint density at radius 1 is 0.328 bits per heavy atom. The van der Waals surface area contributed by atoms with E-state index in [1.165, 1.54) is 0 Å². The summed E-state index contributed by atoms with van der Waals surface area (Å²) in [5.74, 6) is 2.06. The van der Waals surface area contributed by atoms with Crippen molar-refractivity contribution < 1.29 is 5.11 Å². The fraction of sp³-hybridized carbons (Fsp3) is 0.0364. The van der Waals surface area contributed by atoms with E-state index in [4.69, 9.17) is 0 Å². The molecule has 0 unspecified atom stereocenters. The molecule has 0 atom stereocenters. The summed E-state index contributed by atoms with van der Waals surface area (Å²) in [6, 6.07) is 61.4. The Balaban J connectivity index is 1.13. The summed E-state index contributed by atoms with van der Waals surface area (Å²) in [6.45, 7) is 0. The maximum atomic E-state index is 11.6. The van der Waals surface area contributed by atoms with Gasteiger partial charge in [0.15, 0.2) is 0 Å². The normalized spacial score (nSPS) is 11.2. The molecule has 6 nitrogen and oxygen atoms in total. The van der Waals surface area contributed by atoms with Crippen LogP contribution in [0, 0.1) is 0 Å². The molecule has 292 valence electrons. The lowest BCUT2D eigenvalue weighted by molar-refractivity contribution is 0.477. The number of hydrogen-bond donors (Lipinski definition) is 1. The fourth-order valence-corrected chi connectivity index (χ4v) is 8.37. The number of phenols is 1. The molecular formula is C55H41N5O. The van der Waals surface area contributed by atoms with Crippen molar-refractivity contribution in [1.29, 1.82) is 0 Å². The lowest BCUT2D eigenvalue weighted by Gasteiger charge is -2.18. The second-order valence-electron chi connectivity index (χ2n) is 15.3. The van der Waals surface area contributed by atoms with Gasteiger partial charge in [0, 0.05) is 67.3 Å². The quantitative estimate of drug-likeness (QED) is 0.158. The second kappa shape index (κ2) is 15.9. The number of aryl methyl sites for hydroxylation is 2. The van der Waals surface area contributed by atoms with Gasteiger partial charge in [-0.25, -0.2) is 9.97 Å². The molecule has 6 heteroatoms. The van der Waals surface area contributed by atoms with E-state index in [-0.39, 0.29) is 5.75 Å². The van der Waals surface area contributed by atoms with Gasteiger partial charge in [-0.3, -0.25) is 4.98 Å². The number of hydrogen-bond acceptors (Lipinski definition) is 4. The van der Waals surface area contributed by atoms with Crippen molar-refractivity contribution in [2.75, 3.05) is 0 Å². The van der Waals surface area contributed by atoms with Crippen LogP contribution in [0.15, 0.2) is 207 Å². The number of benzene rings is 7. The summed E-state index contributed by atoms with van der Waals surface area (Å²) in [7, 11) is 4.03. The van der Waals surface area contributed by atoms with Gasteiger partial charge in [-0.2, -0.15) is 0 Å². The van der Waals surface area contributed by atoms with E-state index in [0.717, 1.165) is 101 Å². The molecular weight excluding hydrogens is 747 g/mol. The first-order valence-corrected chi connectivity index (χ1v) is 20.3. The van der Waals surface area contributed by atoms with Crippen LogP contribution < -0.4 is 0 Å². The number of pyridine rings is 1. The van der Waals surface area contributed by atoms with Crippen molar-refractivity contribution in [3.8, 4) is 107 Å². The Kier molecular flexibility index (Phi) is 9.71. The van der Waals surface area contributed by atoms with E-state index in [2.05, 4.69) is 148 Å². The van der Waals surface area contributed by atoms with E-state index >= 15 is 0 Å². The lowest BCUT2D eigenvalue weighted by atomic mass is 9.86. The summed E-state index contributed by atoms with van der Waals surface area (Å²) in [5, 5.41) is 11.6. The summed E-state index contributed by atoms with van der Waals surface area (Å²) >= 11 is 0. The Hall–Kier alpha value is -8.09. The molecule has 0 radical (unpaired) electrons. The average molecular weight is 788 g/mol. The number of aromatic nitrogens is 5. The van der Waals surface area contributed by atoms with E-state index in [9.17, 15) is 5.11 Å². The Labute approximate surface area is 355 Å². The molecule has 0 fully saturated rings. The highest BCUT2D eigenvalue weighted by atomic mass is 16.3. The first kappa shape index (κ1) is 37.2. The van der Waals surface area contributed by atoms with Crippen molar-refractivity contribution in [2.45, 2.75) is 0 Å². The molecule has 10 rings (SSSR count). The predicted molar refractivity (Wildman–Crippen MR) is 248 cm³/mol. The maximum absolute atomic E-state index is 11.6.